The fourth-order valence-electron chi connectivity index (χ4n) is 3.92. The summed E-state index contributed by atoms with van der Waals surface area (Å²) in [6.07, 6.45) is 0. The molecule has 2 aliphatic heterocycles. The number of benzene rings is 2. The number of fused-ring (bicyclic) bond motifs is 2. The van der Waals surface area contributed by atoms with E-state index in [-0.39, 0.29) is 0 Å². The van der Waals surface area contributed by atoms with E-state index in [1.165, 1.54) is 0 Å². The van der Waals surface area contributed by atoms with E-state index in [0.717, 1.165) is 0 Å². The first kappa shape index (κ1) is 18.1. The van der Waals surface area contributed by atoms with Gasteiger partial charge in [0, 0.05) is 0 Å². The number of rotatable bonds is 2. The summed E-state index contributed by atoms with van der Waals surface area (Å²) in [4.78, 5) is 0. The van der Waals surface area contributed by atoms with Gasteiger partial charge in [-0.3, -0.25) is 0 Å². The summed E-state index contributed by atoms with van der Waals surface area (Å²) >= 11 is 1.06. The molecule has 7 heteroatoms. The third-order valence-electron chi connectivity index (χ3n) is 5.57. The van der Waals surface area contributed by atoms with Gasteiger partial charge in [0.15, 0.2) is 0 Å². The van der Waals surface area contributed by atoms with Gasteiger partial charge in [0.05, 0.1) is 0 Å². The average molecular weight is 709 g/mol. The van der Waals surface area contributed by atoms with Gasteiger partial charge in [0.25, 0.3) is 0 Å². The quantitative estimate of drug-likeness (QED) is 0.415. The van der Waals surface area contributed by atoms with Crippen LogP contribution in [0.25, 0.3) is 0 Å². The summed E-state index contributed by atoms with van der Waals surface area (Å²) in [5.41, 5.74) is 0. The van der Waals surface area contributed by atoms with E-state index < -0.39 is 15.7 Å². The molecule has 0 radical (unpaired) electrons. The molecule has 2 aliphatic rings. The molecule has 23 heavy (non-hydrogen) atoms. The van der Waals surface area contributed by atoms with Gasteiger partial charge in [-0.2, -0.15) is 0 Å². The van der Waals surface area contributed by atoms with Gasteiger partial charge in [-0.15, -0.1) is 0 Å². The topological polar surface area (TPSA) is 0 Å². The Balaban J connectivity index is 1.81. The van der Waals surface area contributed by atoms with Crippen LogP contribution in [0.4, 0.5) is 0 Å². The summed E-state index contributed by atoms with van der Waals surface area (Å²) in [5, 5.41) is 1.86. The third kappa shape index (κ3) is 2.58. The molecule has 120 valence electrons. The Labute approximate surface area is 168 Å². The van der Waals surface area contributed by atoms with Crippen LogP contribution in [0.2, 0.25) is 26.2 Å². The monoisotopic (exact) mass is 716 g/mol. The average Bonchev–Trinajstić information content (AvgIpc) is 2.89. The Kier molecular flexibility index (Phi) is 4.79. The first-order valence-corrected chi connectivity index (χ1v) is 40.5. The van der Waals surface area contributed by atoms with Crippen molar-refractivity contribution in [2.24, 2.45) is 0 Å². The van der Waals surface area contributed by atoms with Gasteiger partial charge in [-0.05, 0) is 0 Å². The fraction of sp³-hybridized carbons (Fsp3) is 0.250. The van der Waals surface area contributed by atoms with Gasteiger partial charge in [0.1, 0.15) is 0 Å². The van der Waals surface area contributed by atoms with Crippen LogP contribution in [0, 0.1) is 0 Å². The van der Waals surface area contributed by atoms with Crippen LogP contribution in [0.3, 0.4) is 0 Å². The minimum absolute atomic E-state index is 0.316. The number of hydrogen-bond donors (Lipinski definition) is 0. The molecule has 0 spiro atoms. The molecular formula is C16H22Si4Te3. The van der Waals surface area contributed by atoms with Crippen molar-refractivity contribution in [2.45, 2.75) is 26.2 Å². The summed E-state index contributed by atoms with van der Waals surface area (Å²) in [5.74, 6) is 0. The Morgan fingerprint density at radius 2 is 0.870 bits per heavy atom. The van der Waals surface area contributed by atoms with Crippen molar-refractivity contribution in [1.82, 2.24) is 0 Å². The van der Waals surface area contributed by atoms with Gasteiger partial charge >= 0.3 is 171 Å². The second kappa shape index (κ2) is 6.10. The zero-order chi connectivity index (χ0) is 16.3. The predicted molar refractivity (Wildman–Crippen MR) is 116 cm³/mol. The molecule has 4 atom stereocenters. The Morgan fingerprint density at radius 3 is 1.17 bits per heavy atom. The van der Waals surface area contributed by atoms with Crippen LogP contribution >= 0.6 is 0 Å². The van der Waals surface area contributed by atoms with Crippen molar-refractivity contribution in [3.8, 4) is 0 Å². The molecule has 0 aromatic heterocycles. The maximum absolute atomic E-state index is 2.96. The van der Waals surface area contributed by atoms with E-state index in [0.29, 0.717) is 58.0 Å². The summed E-state index contributed by atoms with van der Waals surface area (Å²) in [6.45, 7) is 11.7. The van der Waals surface area contributed by atoms with E-state index in [4.69, 9.17) is 0 Å². The molecule has 0 aliphatic carbocycles. The van der Waals surface area contributed by atoms with E-state index in [2.05, 4.69) is 86.9 Å². The molecule has 1 unspecified atom stereocenters. The van der Waals surface area contributed by atoms with Crippen LogP contribution < -0.4 is 10.4 Å². The van der Waals surface area contributed by atoms with Gasteiger partial charge in [-0.1, -0.05) is 0 Å². The molecule has 2 bridgehead atoms. The molecule has 0 nitrogen and oxygen atoms in total. The van der Waals surface area contributed by atoms with Crippen molar-refractivity contribution < 1.29 is 0 Å². The van der Waals surface area contributed by atoms with E-state index in [9.17, 15) is 0 Å². The van der Waals surface area contributed by atoms with Gasteiger partial charge in [0.2, 0.25) is 0 Å². The van der Waals surface area contributed by atoms with Crippen LogP contribution in [0.15, 0.2) is 60.7 Å². The molecule has 2 aromatic rings. The standard InChI is InChI=1S/C16H22Si4Te3/c1-17(15-11-7-5-8-12-15)19(3)22-18(2,20(4,21-17)23-19)16-13-9-6-10-14-16/h5-14H,1-4H3/t17-,18?,19+,20-/m0/s1. The fourth-order valence-corrected chi connectivity index (χ4v) is 720. The Hall–Kier alpha value is 1.68. The van der Waals surface area contributed by atoms with Gasteiger partial charge in [-0.25, -0.2) is 0 Å². The summed E-state index contributed by atoms with van der Waals surface area (Å²) in [7, 11) is 0. The van der Waals surface area contributed by atoms with Crippen LogP contribution in [0.1, 0.15) is 0 Å². The van der Waals surface area contributed by atoms with Gasteiger partial charge < -0.3 is 0 Å². The van der Waals surface area contributed by atoms with Crippen molar-refractivity contribution in [2.75, 3.05) is 0 Å². The first-order chi connectivity index (χ1) is 10.8. The number of hydrogen-bond acceptors (Lipinski definition) is 0. The SMILES string of the molecule is C[Si]1(c2ccccc2)[Te][Si@]2(C)[Te][Si@]1(C)[Te][Si@@]2(C)c1ccccc1. The second-order valence-electron chi connectivity index (χ2n) is 7.00. The van der Waals surface area contributed by atoms with Crippen LogP contribution in [-0.4, -0.2) is 73.7 Å². The maximum atomic E-state index is 2.96. The molecule has 0 saturated carbocycles. The van der Waals surface area contributed by atoms with Crippen molar-refractivity contribution >= 4 is 84.1 Å². The van der Waals surface area contributed by atoms with Crippen molar-refractivity contribution in [3.05, 3.63) is 60.7 Å². The van der Waals surface area contributed by atoms with Crippen molar-refractivity contribution in [1.29, 1.82) is 0 Å². The predicted octanol–water partition coefficient (Wildman–Crippen LogP) is 1.39. The minimum atomic E-state index is -0.979. The molecule has 2 aromatic carbocycles. The van der Waals surface area contributed by atoms with Crippen molar-refractivity contribution in [3.63, 3.8) is 0 Å². The van der Waals surface area contributed by atoms with E-state index >= 15 is 0 Å². The second-order valence-corrected chi connectivity index (χ2v) is 123. The Morgan fingerprint density at radius 1 is 0.522 bits per heavy atom. The molecule has 2 heterocycles. The van der Waals surface area contributed by atoms with E-state index in [1.807, 2.05) is 10.4 Å². The van der Waals surface area contributed by atoms with Crippen LogP contribution in [0.5, 0.6) is 0 Å². The zero-order valence-corrected chi connectivity index (χ0v) is 25.0. The summed E-state index contributed by atoms with van der Waals surface area (Å²) in [6, 6.07) is 24.0. The molecule has 0 N–H and O–H groups in total. The zero-order valence-electron chi connectivity index (χ0n) is 14.0. The molecule has 0 amide bonds. The Bertz CT molecular complexity index is 682. The molecular weight excluding hydrogens is 687 g/mol. The normalized spacial score (nSPS) is 42.1. The third-order valence-corrected chi connectivity index (χ3v) is 301. The first-order valence-electron chi connectivity index (χ1n) is 8.05. The molecule has 2 fully saturated rings. The molecule has 2 saturated heterocycles. The van der Waals surface area contributed by atoms with Crippen LogP contribution in [-0.2, 0) is 0 Å². The molecule has 4 rings (SSSR count). The van der Waals surface area contributed by atoms with E-state index in [1.54, 1.807) is 0 Å². The summed E-state index contributed by atoms with van der Waals surface area (Å²) < 4.78 is -1.58.